The van der Waals surface area contributed by atoms with Crippen LogP contribution in [0.4, 0.5) is 0 Å². The average molecular weight is 351 g/mol. The maximum atomic E-state index is 4.63. The van der Waals surface area contributed by atoms with Crippen LogP contribution in [0.25, 0.3) is 17.1 Å². The maximum absolute atomic E-state index is 4.63. The average Bonchev–Trinajstić information content (AvgIpc) is 3.20. The lowest BCUT2D eigenvalue weighted by atomic mass is 9.93. The van der Waals surface area contributed by atoms with Crippen LogP contribution in [0.5, 0.6) is 0 Å². The molecule has 0 atom stereocenters. The molecule has 0 N–H and O–H groups in total. The van der Waals surface area contributed by atoms with E-state index in [9.17, 15) is 0 Å². The smallest absolute Gasteiger partial charge is 0.163 e. The largest absolute Gasteiger partial charge is 0.215 e. The number of rotatable bonds is 2. The van der Waals surface area contributed by atoms with Gasteiger partial charge in [0.15, 0.2) is 5.82 Å². The SMILES string of the molecule is c1ccc(-n2ncnc2-c2cc3ccc2CCc2ccc(cc2)CC3)cc1. The van der Waals surface area contributed by atoms with Gasteiger partial charge >= 0.3 is 0 Å². The van der Waals surface area contributed by atoms with Gasteiger partial charge in [0.1, 0.15) is 6.33 Å². The molecule has 0 amide bonds. The molecule has 3 nitrogen and oxygen atoms in total. The molecule has 0 unspecified atom stereocenters. The molecule has 4 aromatic rings. The quantitative estimate of drug-likeness (QED) is 0.518. The van der Waals surface area contributed by atoms with Gasteiger partial charge in [-0.25, -0.2) is 9.67 Å². The molecule has 8 rings (SSSR count). The molecule has 0 fully saturated rings. The van der Waals surface area contributed by atoms with E-state index in [1.807, 2.05) is 22.9 Å². The fourth-order valence-corrected chi connectivity index (χ4v) is 3.83. The lowest BCUT2D eigenvalue weighted by molar-refractivity contribution is 0.878. The Bertz CT molecular complexity index is 1060. The molecule has 4 aliphatic carbocycles. The molecule has 0 saturated heterocycles. The molecule has 0 aliphatic heterocycles. The molecule has 3 heteroatoms. The predicted molar refractivity (Wildman–Crippen MR) is 108 cm³/mol. The number of hydrogen-bond acceptors (Lipinski definition) is 2. The van der Waals surface area contributed by atoms with Gasteiger partial charge in [-0.05, 0) is 66.1 Å². The highest BCUT2D eigenvalue weighted by atomic mass is 15.3. The Balaban J connectivity index is 1.61. The van der Waals surface area contributed by atoms with Crippen molar-refractivity contribution in [3.63, 3.8) is 0 Å². The third kappa shape index (κ3) is 3.17. The topological polar surface area (TPSA) is 30.7 Å². The Labute approximate surface area is 159 Å². The minimum Gasteiger partial charge on any atom is -0.215 e. The molecule has 4 bridgehead atoms. The van der Waals surface area contributed by atoms with E-state index in [-0.39, 0.29) is 0 Å². The molecule has 1 heterocycles. The number of aryl methyl sites for hydroxylation is 4. The van der Waals surface area contributed by atoms with E-state index >= 15 is 0 Å². The summed E-state index contributed by atoms with van der Waals surface area (Å²) in [6.45, 7) is 0. The van der Waals surface area contributed by atoms with Crippen molar-refractivity contribution in [1.29, 1.82) is 0 Å². The van der Waals surface area contributed by atoms with E-state index in [1.54, 1.807) is 6.33 Å². The van der Waals surface area contributed by atoms with Gasteiger partial charge in [-0.1, -0.05) is 54.6 Å². The Kier molecular flexibility index (Phi) is 4.06. The zero-order valence-electron chi connectivity index (χ0n) is 15.2. The second-order valence-corrected chi connectivity index (χ2v) is 7.14. The van der Waals surface area contributed by atoms with Crippen molar-refractivity contribution in [3.05, 3.63) is 101 Å². The fraction of sp³-hybridized carbons (Fsp3) is 0.167. The second kappa shape index (κ2) is 6.84. The number of benzene rings is 3. The Morgan fingerprint density at radius 1 is 0.667 bits per heavy atom. The molecule has 0 spiro atoms. The summed E-state index contributed by atoms with van der Waals surface area (Å²) in [5.74, 6) is 0.920. The van der Waals surface area contributed by atoms with Crippen LogP contribution in [0.3, 0.4) is 0 Å². The van der Waals surface area contributed by atoms with Gasteiger partial charge in [-0.15, -0.1) is 0 Å². The zero-order valence-corrected chi connectivity index (χ0v) is 15.2. The Morgan fingerprint density at radius 3 is 2.11 bits per heavy atom. The molecular weight excluding hydrogens is 330 g/mol. The summed E-state index contributed by atoms with van der Waals surface area (Å²) in [7, 11) is 0. The molecule has 0 radical (unpaired) electrons. The molecular formula is C24H21N3. The van der Waals surface area contributed by atoms with Crippen LogP contribution in [-0.4, -0.2) is 14.8 Å². The lowest BCUT2D eigenvalue weighted by Gasteiger charge is -2.15. The van der Waals surface area contributed by atoms with Crippen LogP contribution in [-0.2, 0) is 25.7 Å². The van der Waals surface area contributed by atoms with Gasteiger partial charge in [0.25, 0.3) is 0 Å². The van der Waals surface area contributed by atoms with Crippen LogP contribution in [0.15, 0.2) is 79.1 Å². The van der Waals surface area contributed by atoms with E-state index < -0.39 is 0 Å². The number of hydrogen-bond donors (Lipinski definition) is 0. The highest BCUT2D eigenvalue weighted by Gasteiger charge is 2.15. The Morgan fingerprint density at radius 2 is 1.33 bits per heavy atom. The minimum absolute atomic E-state index is 0.920. The van der Waals surface area contributed by atoms with Gasteiger partial charge in [0.2, 0.25) is 0 Å². The first-order valence-corrected chi connectivity index (χ1v) is 9.52. The summed E-state index contributed by atoms with van der Waals surface area (Å²) in [4.78, 5) is 4.63. The van der Waals surface area contributed by atoms with Crippen LogP contribution in [0, 0.1) is 0 Å². The molecule has 1 aromatic heterocycles. The van der Waals surface area contributed by atoms with Crippen molar-refractivity contribution in [3.8, 4) is 17.1 Å². The first kappa shape index (κ1) is 16.0. The highest BCUT2D eigenvalue weighted by Crippen LogP contribution is 2.28. The highest BCUT2D eigenvalue weighted by molar-refractivity contribution is 5.64. The first-order chi connectivity index (χ1) is 13.4. The second-order valence-electron chi connectivity index (χ2n) is 7.14. The zero-order chi connectivity index (χ0) is 18.1. The third-order valence-corrected chi connectivity index (χ3v) is 5.37. The van der Waals surface area contributed by atoms with E-state index in [2.05, 4.69) is 64.7 Å². The third-order valence-electron chi connectivity index (χ3n) is 5.37. The summed E-state index contributed by atoms with van der Waals surface area (Å²) in [5, 5.41) is 4.50. The molecule has 4 aliphatic rings. The summed E-state index contributed by atoms with van der Waals surface area (Å²) < 4.78 is 1.95. The molecule has 0 saturated carbocycles. The predicted octanol–water partition coefficient (Wildman–Crippen LogP) is 4.82. The van der Waals surface area contributed by atoms with Gasteiger partial charge in [-0.3, -0.25) is 0 Å². The molecule has 27 heavy (non-hydrogen) atoms. The van der Waals surface area contributed by atoms with Gasteiger partial charge in [0.05, 0.1) is 5.69 Å². The summed E-state index contributed by atoms with van der Waals surface area (Å²) in [6.07, 6.45) is 5.78. The van der Waals surface area contributed by atoms with Crippen molar-refractivity contribution in [2.24, 2.45) is 0 Å². The van der Waals surface area contributed by atoms with Crippen molar-refractivity contribution < 1.29 is 0 Å². The number of nitrogens with zero attached hydrogens (tertiary/aromatic N) is 3. The van der Waals surface area contributed by atoms with Crippen molar-refractivity contribution in [1.82, 2.24) is 14.8 Å². The van der Waals surface area contributed by atoms with Crippen LogP contribution < -0.4 is 0 Å². The summed E-state index contributed by atoms with van der Waals surface area (Å²) in [6, 6.07) is 26.2. The standard InChI is InChI=1S/C24H21N3/c1-2-4-22(5-3-1)27-24(25-17-26-27)23-16-20-11-10-18-6-8-19(9-7-18)12-14-21(23)15-13-20/h1-9,13,15-17H,10-12,14H2. The van der Waals surface area contributed by atoms with Gasteiger partial charge in [0, 0.05) is 5.56 Å². The normalized spacial score (nSPS) is 13.3. The van der Waals surface area contributed by atoms with Crippen molar-refractivity contribution in [2.75, 3.05) is 0 Å². The monoisotopic (exact) mass is 351 g/mol. The molecule has 132 valence electrons. The first-order valence-electron chi connectivity index (χ1n) is 9.52. The summed E-state index contributed by atoms with van der Waals surface area (Å²) >= 11 is 0. The van der Waals surface area contributed by atoms with Crippen molar-refractivity contribution >= 4 is 0 Å². The Hall–Kier alpha value is -3.20. The summed E-state index contributed by atoms with van der Waals surface area (Å²) in [5.41, 5.74) is 7.70. The number of aromatic nitrogens is 3. The molecule has 3 aromatic carbocycles. The fourth-order valence-electron chi connectivity index (χ4n) is 3.83. The van der Waals surface area contributed by atoms with Crippen molar-refractivity contribution in [2.45, 2.75) is 25.7 Å². The maximum Gasteiger partial charge on any atom is 0.163 e. The van der Waals surface area contributed by atoms with E-state index in [0.29, 0.717) is 0 Å². The van der Waals surface area contributed by atoms with Crippen LogP contribution >= 0.6 is 0 Å². The van der Waals surface area contributed by atoms with Gasteiger partial charge < -0.3 is 0 Å². The van der Waals surface area contributed by atoms with Crippen LogP contribution in [0.2, 0.25) is 0 Å². The minimum atomic E-state index is 0.920. The van der Waals surface area contributed by atoms with E-state index in [1.165, 1.54) is 27.8 Å². The number of para-hydroxylation sites is 1. The van der Waals surface area contributed by atoms with Crippen LogP contribution in [0.1, 0.15) is 22.3 Å². The van der Waals surface area contributed by atoms with E-state index in [4.69, 9.17) is 0 Å². The van der Waals surface area contributed by atoms with E-state index in [0.717, 1.165) is 37.2 Å². The van der Waals surface area contributed by atoms with Gasteiger partial charge in [-0.2, -0.15) is 5.10 Å². The lowest BCUT2D eigenvalue weighted by Crippen LogP contribution is -2.04.